The number of rotatable bonds is 7. The third kappa shape index (κ3) is 4.45. The van der Waals surface area contributed by atoms with Gasteiger partial charge in [0.05, 0.1) is 17.6 Å². The zero-order valence-corrected chi connectivity index (χ0v) is 12.3. The number of ether oxygens (including phenoxy) is 2. The normalized spacial score (nSPS) is 12.2. The van der Waals surface area contributed by atoms with Gasteiger partial charge in [-0.15, -0.1) is 0 Å². The standard InChI is InChI=1S/C12H16BrNO5/c1-8(15)10-6-9(13)7-11(14(16)17)12(10)19-5-3-4-18-2/h6-8,15H,3-5H2,1-2H3. The second-order valence-electron chi connectivity index (χ2n) is 3.97. The first kappa shape index (κ1) is 15.9. The van der Waals surface area contributed by atoms with E-state index < -0.39 is 11.0 Å². The van der Waals surface area contributed by atoms with E-state index in [1.807, 2.05) is 0 Å². The van der Waals surface area contributed by atoms with Crippen molar-refractivity contribution < 1.29 is 19.5 Å². The Hall–Kier alpha value is -1.18. The van der Waals surface area contributed by atoms with Crippen LogP contribution in [0.15, 0.2) is 16.6 Å². The first-order valence-corrected chi connectivity index (χ1v) is 6.54. The van der Waals surface area contributed by atoms with E-state index in [-0.39, 0.29) is 18.0 Å². The predicted molar refractivity (Wildman–Crippen MR) is 73.4 cm³/mol. The van der Waals surface area contributed by atoms with E-state index in [0.717, 1.165) is 0 Å². The van der Waals surface area contributed by atoms with Crippen LogP contribution >= 0.6 is 15.9 Å². The molecule has 1 unspecified atom stereocenters. The van der Waals surface area contributed by atoms with Gasteiger partial charge in [0.15, 0.2) is 0 Å². The molecule has 1 N–H and O–H groups in total. The number of nitrogens with zero attached hydrogens (tertiary/aromatic N) is 1. The van der Waals surface area contributed by atoms with Crippen LogP contribution < -0.4 is 4.74 Å². The maximum atomic E-state index is 11.0. The third-order valence-corrected chi connectivity index (χ3v) is 2.91. The predicted octanol–water partition coefficient (Wildman–Crippen LogP) is 2.83. The number of halogens is 1. The van der Waals surface area contributed by atoms with Crippen molar-refractivity contribution >= 4 is 21.6 Å². The summed E-state index contributed by atoms with van der Waals surface area (Å²) in [4.78, 5) is 10.5. The molecule has 0 fully saturated rings. The second kappa shape index (κ2) is 7.42. The zero-order valence-electron chi connectivity index (χ0n) is 10.8. The first-order chi connectivity index (χ1) is 8.97. The van der Waals surface area contributed by atoms with Crippen molar-refractivity contribution in [3.63, 3.8) is 0 Å². The number of methoxy groups -OCH3 is 1. The summed E-state index contributed by atoms with van der Waals surface area (Å²) in [6.45, 7) is 2.33. The Bertz CT molecular complexity index is 450. The highest BCUT2D eigenvalue weighted by atomic mass is 79.9. The summed E-state index contributed by atoms with van der Waals surface area (Å²) in [6.07, 6.45) is -0.239. The van der Waals surface area contributed by atoms with Crippen molar-refractivity contribution in [3.05, 3.63) is 32.3 Å². The fourth-order valence-electron chi connectivity index (χ4n) is 1.58. The molecule has 0 saturated heterocycles. The lowest BCUT2D eigenvalue weighted by Gasteiger charge is -2.14. The lowest BCUT2D eigenvalue weighted by Crippen LogP contribution is -2.07. The average molecular weight is 334 g/mol. The number of nitro benzene ring substituents is 1. The molecule has 0 radical (unpaired) electrons. The Kier molecular flexibility index (Phi) is 6.20. The molecule has 6 nitrogen and oxygen atoms in total. The van der Waals surface area contributed by atoms with Gasteiger partial charge in [0, 0.05) is 36.2 Å². The number of hydrogen-bond donors (Lipinski definition) is 1. The van der Waals surface area contributed by atoms with Gasteiger partial charge in [0.1, 0.15) is 0 Å². The van der Waals surface area contributed by atoms with Crippen LogP contribution in [0.2, 0.25) is 0 Å². The van der Waals surface area contributed by atoms with Crippen LogP contribution in [0.4, 0.5) is 5.69 Å². The van der Waals surface area contributed by atoms with E-state index in [1.165, 1.54) is 13.0 Å². The minimum Gasteiger partial charge on any atom is -0.486 e. The summed E-state index contributed by atoms with van der Waals surface area (Å²) < 4.78 is 10.9. The van der Waals surface area contributed by atoms with Gasteiger partial charge in [-0.05, 0) is 13.0 Å². The van der Waals surface area contributed by atoms with E-state index in [1.54, 1.807) is 13.2 Å². The van der Waals surface area contributed by atoms with Crippen LogP contribution in [0.5, 0.6) is 5.75 Å². The van der Waals surface area contributed by atoms with Gasteiger partial charge in [0.25, 0.3) is 0 Å². The lowest BCUT2D eigenvalue weighted by molar-refractivity contribution is -0.386. The number of aliphatic hydroxyl groups is 1. The third-order valence-electron chi connectivity index (χ3n) is 2.45. The van der Waals surface area contributed by atoms with Gasteiger partial charge in [-0.3, -0.25) is 10.1 Å². The smallest absolute Gasteiger partial charge is 0.312 e. The number of benzene rings is 1. The molecule has 0 heterocycles. The van der Waals surface area contributed by atoms with Crippen molar-refractivity contribution in [2.24, 2.45) is 0 Å². The fourth-order valence-corrected chi connectivity index (χ4v) is 2.04. The van der Waals surface area contributed by atoms with Crippen LogP contribution in [0.25, 0.3) is 0 Å². The molecular formula is C12H16BrNO5. The Balaban J connectivity index is 3.05. The molecule has 1 aromatic carbocycles. The minimum absolute atomic E-state index is 0.110. The molecule has 19 heavy (non-hydrogen) atoms. The van der Waals surface area contributed by atoms with Gasteiger partial charge >= 0.3 is 5.69 Å². The summed E-state index contributed by atoms with van der Waals surface area (Å²) in [5, 5.41) is 20.7. The summed E-state index contributed by atoms with van der Waals surface area (Å²) in [5.74, 6) is 0.110. The van der Waals surface area contributed by atoms with Gasteiger partial charge in [-0.2, -0.15) is 0 Å². The Morgan fingerprint density at radius 3 is 2.68 bits per heavy atom. The van der Waals surface area contributed by atoms with Crippen LogP contribution in [-0.2, 0) is 4.74 Å². The molecule has 106 valence electrons. The van der Waals surface area contributed by atoms with Crippen molar-refractivity contribution in [1.29, 1.82) is 0 Å². The molecule has 0 bridgehead atoms. The highest BCUT2D eigenvalue weighted by molar-refractivity contribution is 9.10. The highest BCUT2D eigenvalue weighted by Crippen LogP contribution is 2.37. The van der Waals surface area contributed by atoms with Crippen LogP contribution in [0.3, 0.4) is 0 Å². The summed E-state index contributed by atoms with van der Waals surface area (Å²) >= 11 is 3.19. The monoisotopic (exact) mass is 333 g/mol. The molecule has 0 saturated carbocycles. The van der Waals surface area contributed by atoms with Crippen molar-refractivity contribution in [3.8, 4) is 5.75 Å². The molecule has 1 aromatic rings. The largest absolute Gasteiger partial charge is 0.486 e. The Labute approximate surface area is 119 Å². The van der Waals surface area contributed by atoms with Crippen LogP contribution in [0, 0.1) is 10.1 Å². The average Bonchev–Trinajstić information content (AvgIpc) is 2.34. The maximum Gasteiger partial charge on any atom is 0.312 e. The highest BCUT2D eigenvalue weighted by Gasteiger charge is 2.23. The molecule has 0 aliphatic heterocycles. The van der Waals surface area contributed by atoms with Crippen molar-refractivity contribution in [1.82, 2.24) is 0 Å². The van der Waals surface area contributed by atoms with Crippen molar-refractivity contribution in [2.75, 3.05) is 20.3 Å². The number of aliphatic hydroxyl groups excluding tert-OH is 1. The van der Waals surface area contributed by atoms with Gasteiger partial charge in [0.2, 0.25) is 5.75 Å². The molecule has 0 amide bonds. The van der Waals surface area contributed by atoms with E-state index >= 15 is 0 Å². The summed E-state index contributed by atoms with van der Waals surface area (Å²) in [7, 11) is 1.57. The zero-order chi connectivity index (χ0) is 14.4. The van der Waals surface area contributed by atoms with E-state index in [2.05, 4.69) is 15.9 Å². The van der Waals surface area contributed by atoms with Gasteiger partial charge in [-0.1, -0.05) is 15.9 Å². The molecular weight excluding hydrogens is 318 g/mol. The van der Waals surface area contributed by atoms with Gasteiger partial charge < -0.3 is 14.6 Å². The molecule has 0 aliphatic rings. The van der Waals surface area contributed by atoms with E-state index in [0.29, 0.717) is 23.1 Å². The topological polar surface area (TPSA) is 81.8 Å². The number of nitro groups is 1. The molecule has 1 rings (SSSR count). The van der Waals surface area contributed by atoms with E-state index in [9.17, 15) is 15.2 Å². The van der Waals surface area contributed by atoms with Gasteiger partial charge in [-0.25, -0.2) is 0 Å². The lowest BCUT2D eigenvalue weighted by atomic mass is 10.1. The fraction of sp³-hybridized carbons (Fsp3) is 0.500. The maximum absolute atomic E-state index is 11.0. The van der Waals surface area contributed by atoms with E-state index in [4.69, 9.17) is 9.47 Å². The summed E-state index contributed by atoms with van der Waals surface area (Å²) in [5.41, 5.74) is 0.223. The summed E-state index contributed by atoms with van der Waals surface area (Å²) in [6, 6.07) is 2.97. The molecule has 7 heteroatoms. The van der Waals surface area contributed by atoms with Crippen LogP contribution in [-0.4, -0.2) is 30.4 Å². The molecule has 0 spiro atoms. The molecule has 0 aromatic heterocycles. The second-order valence-corrected chi connectivity index (χ2v) is 4.89. The Morgan fingerprint density at radius 2 is 2.16 bits per heavy atom. The SMILES string of the molecule is COCCCOc1c(C(C)O)cc(Br)cc1[N+](=O)[O-]. The minimum atomic E-state index is -0.853. The van der Waals surface area contributed by atoms with Crippen LogP contribution in [0.1, 0.15) is 25.0 Å². The number of hydrogen-bond acceptors (Lipinski definition) is 5. The first-order valence-electron chi connectivity index (χ1n) is 5.75. The quantitative estimate of drug-likeness (QED) is 0.471. The Morgan fingerprint density at radius 1 is 1.47 bits per heavy atom. The molecule has 0 aliphatic carbocycles. The van der Waals surface area contributed by atoms with Crippen molar-refractivity contribution in [2.45, 2.75) is 19.4 Å². The molecule has 1 atom stereocenters.